The first kappa shape index (κ1) is 23.4. The molecule has 0 saturated heterocycles. The first-order valence-electron chi connectivity index (χ1n) is 13.9. The second-order valence-corrected chi connectivity index (χ2v) is 10.4. The lowest BCUT2D eigenvalue weighted by atomic mass is 9.84. The number of hydrogen-bond donors (Lipinski definition) is 0. The normalized spacial score (nSPS) is 11.8. The molecule has 0 aromatic heterocycles. The lowest BCUT2D eigenvalue weighted by Gasteiger charge is -2.19. The highest BCUT2D eigenvalue weighted by atomic mass is 14.2. The molecule has 39 heavy (non-hydrogen) atoms. The molecule has 186 valence electrons. The zero-order valence-corrected chi connectivity index (χ0v) is 22.4. The molecule has 0 N–H and O–H groups in total. The van der Waals surface area contributed by atoms with Crippen LogP contribution in [0.2, 0.25) is 0 Å². The molecular formula is C39H30. The third kappa shape index (κ3) is 3.83. The van der Waals surface area contributed by atoms with E-state index in [2.05, 4.69) is 147 Å². The maximum atomic E-state index is 2.37. The van der Waals surface area contributed by atoms with Crippen LogP contribution >= 0.6 is 0 Å². The lowest BCUT2D eigenvalue weighted by Crippen LogP contribution is -1.92. The van der Waals surface area contributed by atoms with Crippen LogP contribution in [0.1, 0.15) is 24.5 Å². The Balaban J connectivity index is 1.60. The molecule has 7 aromatic rings. The van der Waals surface area contributed by atoms with Crippen LogP contribution in [-0.2, 0) is 0 Å². The SMILES string of the molecule is CC/C=C\c1cc2c(ccc3c(-c4c5ccccc5c(-c5ccccc5)c5ccccc45)cccc32)cc1C. The molecule has 0 unspecified atom stereocenters. The van der Waals surface area contributed by atoms with Crippen molar-refractivity contribution in [3.63, 3.8) is 0 Å². The van der Waals surface area contributed by atoms with E-state index in [0.29, 0.717) is 0 Å². The van der Waals surface area contributed by atoms with Crippen LogP contribution in [0.4, 0.5) is 0 Å². The van der Waals surface area contributed by atoms with Crippen molar-refractivity contribution in [3.8, 4) is 22.3 Å². The highest BCUT2D eigenvalue weighted by Crippen LogP contribution is 2.45. The summed E-state index contributed by atoms with van der Waals surface area (Å²) < 4.78 is 0. The topological polar surface area (TPSA) is 0 Å². The molecule has 0 amide bonds. The summed E-state index contributed by atoms with van der Waals surface area (Å²) in [5.74, 6) is 0. The first-order valence-corrected chi connectivity index (χ1v) is 13.9. The minimum atomic E-state index is 1.04. The van der Waals surface area contributed by atoms with Gasteiger partial charge in [0.15, 0.2) is 0 Å². The van der Waals surface area contributed by atoms with Crippen molar-refractivity contribution in [2.75, 3.05) is 0 Å². The summed E-state index contributed by atoms with van der Waals surface area (Å²) in [7, 11) is 0. The quantitative estimate of drug-likeness (QED) is 0.167. The maximum absolute atomic E-state index is 2.37. The van der Waals surface area contributed by atoms with Gasteiger partial charge in [-0.25, -0.2) is 0 Å². The fourth-order valence-electron chi connectivity index (χ4n) is 6.25. The van der Waals surface area contributed by atoms with Crippen molar-refractivity contribution >= 4 is 49.2 Å². The van der Waals surface area contributed by atoms with Gasteiger partial charge in [0.2, 0.25) is 0 Å². The van der Waals surface area contributed by atoms with E-state index in [1.165, 1.54) is 76.5 Å². The molecule has 0 fully saturated rings. The molecule has 0 heterocycles. The van der Waals surface area contributed by atoms with Gasteiger partial charge in [-0.1, -0.05) is 134 Å². The van der Waals surface area contributed by atoms with Crippen molar-refractivity contribution in [2.24, 2.45) is 0 Å². The molecule has 0 nitrogen and oxygen atoms in total. The third-order valence-electron chi connectivity index (χ3n) is 8.06. The fraction of sp³-hybridized carbons (Fsp3) is 0.0769. The Morgan fingerprint density at radius 1 is 0.513 bits per heavy atom. The molecule has 0 radical (unpaired) electrons. The molecule has 0 aliphatic heterocycles. The second kappa shape index (κ2) is 9.57. The fourth-order valence-corrected chi connectivity index (χ4v) is 6.25. The summed E-state index contributed by atoms with van der Waals surface area (Å²) >= 11 is 0. The van der Waals surface area contributed by atoms with Gasteiger partial charge in [0.25, 0.3) is 0 Å². The molecule has 0 saturated carbocycles. The number of benzene rings is 7. The van der Waals surface area contributed by atoms with Crippen LogP contribution in [0.5, 0.6) is 0 Å². The van der Waals surface area contributed by atoms with Crippen LogP contribution in [0.3, 0.4) is 0 Å². The minimum Gasteiger partial charge on any atom is -0.0842 e. The average Bonchev–Trinajstić information content (AvgIpc) is 2.99. The summed E-state index contributed by atoms with van der Waals surface area (Å²) in [5.41, 5.74) is 7.76. The average molecular weight is 499 g/mol. The molecule has 7 aromatic carbocycles. The van der Waals surface area contributed by atoms with Gasteiger partial charge in [-0.2, -0.15) is 0 Å². The highest BCUT2D eigenvalue weighted by molar-refractivity contribution is 6.24. The standard InChI is InChI=1S/C39H30/c1-3-4-13-28-25-37-29(24-26(28)2)22-23-31-30(37)20-12-21-32(31)39-35-18-10-8-16-33(35)38(27-14-6-5-7-15-27)34-17-9-11-19-36(34)39/h4-25H,3H2,1-2H3/b13-4-. The van der Waals surface area contributed by atoms with Crippen LogP contribution in [0, 0.1) is 6.92 Å². The number of hydrogen-bond acceptors (Lipinski definition) is 0. The van der Waals surface area contributed by atoms with Gasteiger partial charge >= 0.3 is 0 Å². The summed E-state index contributed by atoms with van der Waals surface area (Å²) in [4.78, 5) is 0. The third-order valence-corrected chi connectivity index (χ3v) is 8.06. The molecule has 0 spiro atoms. The largest absolute Gasteiger partial charge is 0.0842 e. The Bertz CT molecular complexity index is 1980. The molecular weight excluding hydrogens is 468 g/mol. The van der Waals surface area contributed by atoms with E-state index in [1.54, 1.807) is 0 Å². The Kier molecular flexibility index (Phi) is 5.75. The molecule has 7 rings (SSSR count). The zero-order valence-electron chi connectivity index (χ0n) is 22.4. The molecule has 0 bridgehead atoms. The van der Waals surface area contributed by atoms with Crippen LogP contribution in [-0.4, -0.2) is 0 Å². The van der Waals surface area contributed by atoms with E-state index in [0.717, 1.165) is 6.42 Å². The number of aryl methyl sites for hydroxylation is 1. The predicted molar refractivity (Wildman–Crippen MR) is 171 cm³/mol. The zero-order chi connectivity index (χ0) is 26.3. The molecule has 0 aliphatic carbocycles. The summed E-state index contributed by atoms with van der Waals surface area (Å²) in [6, 6.07) is 44.8. The monoisotopic (exact) mass is 498 g/mol. The highest BCUT2D eigenvalue weighted by Gasteiger charge is 2.18. The predicted octanol–water partition coefficient (Wildman–Crippen LogP) is 11.4. The van der Waals surface area contributed by atoms with E-state index < -0.39 is 0 Å². The Labute approximate surface area is 229 Å². The summed E-state index contributed by atoms with van der Waals surface area (Å²) in [6.07, 6.45) is 5.55. The van der Waals surface area contributed by atoms with Gasteiger partial charge < -0.3 is 0 Å². The first-order chi connectivity index (χ1) is 19.2. The second-order valence-electron chi connectivity index (χ2n) is 10.4. The number of rotatable bonds is 4. The Morgan fingerprint density at radius 3 is 1.79 bits per heavy atom. The van der Waals surface area contributed by atoms with Gasteiger partial charge in [-0.05, 0) is 95.9 Å². The Morgan fingerprint density at radius 2 is 1.13 bits per heavy atom. The van der Waals surface area contributed by atoms with Gasteiger partial charge in [0, 0.05) is 0 Å². The number of allylic oxidation sites excluding steroid dienone is 1. The van der Waals surface area contributed by atoms with Crippen molar-refractivity contribution in [1.82, 2.24) is 0 Å². The van der Waals surface area contributed by atoms with Crippen LogP contribution in [0.25, 0.3) is 71.4 Å². The van der Waals surface area contributed by atoms with Crippen molar-refractivity contribution in [2.45, 2.75) is 20.3 Å². The van der Waals surface area contributed by atoms with Crippen molar-refractivity contribution in [1.29, 1.82) is 0 Å². The van der Waals surface area contributed by atoms with Crippen LogP contribution < -0.4 is 0 Å². The molecule has 0 atom stereocenters. The van der Waals surface area contributed by atoms with Crippen molar-refractivity contribution in [3.05, 3.63) is 139 Å². The van der Waals surface area contributed by atoms with Gasteiger partial charge in [-0.15, -0.1) is 0 Å². The summed E-state index contributed by atoms with van der Waals surface area (Å²) in [5, 5.41) is 10.4. The molecule has 0 aliphatic rings. The van der Waals surface area contributed by atoms with E-state index >= 15 is 0 Å². The van der Waals surface area contributed by atoms with E-state index in [4.69, 9.17) is 0 Å². The van der Waals surface area contributed by atoms with Gasteiger partial charge in [0.1, 0.15) is 0 Å². The minimum absolute atomic E-state index is 1.04. The van der Waals surface area contributed by atoms with E-state index in [-0.39, 0.29) is 0 Å². The number of fused-ring (bicyclic) bond motifs is 5. The van der Waals surface area contributed by atoms with Gasteiger partial charge in [-0.3, -0.25) is 0 Å². The van der Waals surface area contributed by atoms with E-state index in [9.17, 15) is 0 Å². The Hall–Kier alpha value is -4.68. The maximum Gasteiger partial charge on any atom is -0.00201 e. The molecule has 0 heteroatoms. The van der Waals surface area contributed by atoms with Gasteiger partial charge in [0.05, 0.1) is 0 Å². The van der Waals surface area contributed by atoms with Crippen molar-refractivity contribution < 1.29 is 0 Å². The van der Waals surface area contributed by atoms with E-state index in [1.807, 2.05) is 0 Å². The lowest BCUT2D eigenvalue weighted by molar-refractivity contribution is 1.23. The smallest absolute Gasteiger partial charge is 0.00201 e. The summed E-state index contributed by atoms with van der Waals surface area (Å²) in [6.45, 7) is 4.40. The van der Waals surface area contributed by atoms with Crippen LogP contribution in [0.15, 0.2) is 127 Å².